The Hall–Kier alpha value is -2.12. The number of hydrogen-bond acceptors (Lipinski definition) is 5. The van der Waals surface area contributed by atoms with E-state index in [1.807, 2.05) is 0 Å². The van der Waals surface area contributed by atoms with Gasteiger partial charge in [-0.05, 0) is 36.8 Å². The van der Waals surface area contributed by atoms with Crippen LogP contribution in [0.25, 0.3) is 0 Å². The number of nitrogens with one attached hydrogen (secondary N) is 1. The van der Waals surface area contributed by atoms with Gasteiger partial charge in [0.15, 0.2) is 5.96 Å². The largest absolute Gasteiger partial charge is 0.469 e. The molecule has 3 rings (SSSR count). The third-order valence-electron chi connectivity index (χ3n) is 5.64. The lowest BCUT2D eigenvalue weighted by molar-refractivity contribution is -0.146. The third kappa shape index (κ3) is 6.44. The number of rotatable bonds is 6. The molecule has 0 amide bonds. The molecule has 2 saturated heterocycles. The van der Waals surface area contributed by atoms with Crippen LogP contribution in [0.15, 0.2) is 29.3 Å². The van der Waals surface area contributed by atoms with E-state index in [0.717, 1.165) is 57.9 Å². The molecule has 0 spiro atoms. The highest BCUT2D eigenvalue weighted by Crippen LogP contribution is 2.19. The van der Waals surface area contributed by atoms with Gasteiger partial charge in [0.1, 0.15) is 0 Å². The molecule has 0 unspecified atom stereocenters. The van der Waals surface area contributed by atoms with Crippen LogP contribution in [0.4, 0.5) is 0 Å². The topological polar surface area (TPSA) is 72.4 Å². The van der Waals surface area contributed by atoms with E-state index in [1.54, 1.807) is 7.05 Å². The van der Waals surface area contributed by atoms with E-state index in [4.69, 9.17) is 14.2 Å². The first-order valence-electron chi connectivity index (χ1n) is 10.5. The molecule has 0 aromatic heterocycles. The van der Waals surface area contributed by atoms with E-state index in [0.29, 0.717) is 19.3 Å². The second kappa shape index (κ2) is 11.2. The molecule has 7 heteroatoms. The summed E-state index contributed by atoms with van der Waals surface area (Å²) >= 11 is 0. The van der Waals surface area contributed by atoms with Crippen molar-refractivity contribution in [3.8, 4) is 0 Å². The molecule has 160 valence electrons. The molecule has 2 fully saturated rings. The number of hydrogen-bond donors (Lipinski definition) is 1. The number of aliphatic imine (C=N–C) groups is 1. The van der Waals surface area contributed by atoms with Gasteiger partial charge in [-0.1, -0.05) is 24.3 Å². The van der Waals surface area contributed by atoms with Gasteiger partial charge in [0, 0.05) is 39.9 Å². The molecule has 0 aliphatic carbocycles. The molecule has 2 aliphatic heterocycles. The average Bonchev–Trinajstić information content (AvgIpc) is 2.79. The van der Waals surface area contributed by atoms with Crippen molar-refractivity contribution in [1.82, 2.24) is 10.2 Å². The van der Waals surface area contributed by atoms with Crippen LogP contribution in [0.3, 0.4) is 0 Å². The molecule has 2 aliphatic rings. The van der Waals surface area contributed by atoms with E-state index in [9.17, 15) is 4.79 Å². The Morgan fingerprint density at radius 2 is 1.93 bits per heavy atom. The average molecular weight is 404 g/mol. The fraction of sp³-hybridized carbons (Fsp3) is 0.636. The monoisotopic (exact) mass is 403 g/mol. The summed E-state index contributed by atoms with van der Waals surface area (Å²) in [6.07, 6.45) is 3.85. The van der Waals surface area contributed by atoms with Gasteiger partial charge in [-0.15, -0.1) is 0 Å². The van der Waals surface area contributed by atoms with Gasteiger partial charge in [-0.25, -0.2) is 0 Å². The molecule has 2 heterocycles. The molecule has 1 aromatic carbocycles. The second-order valence-corrected chi connectivity index (χ2v) is 7.63. The van der Waals surface area contributed by atoms with Crippen LogP contribution in [-0.2, 0) is 32.2 Å². The first-order chi connectivity index (χ1) is 14.2. The lowest BCUT2D eigenvalue weighted by atomic mass is 9.97. The van der Waals surface area contributed by atoms with Crippen molar-refractivity contribution >= 4 is 11.9 Å². The Labute approximate surface area is 173 Å². The SMILES string of the molecule is CN=C(NCc1cccc(COC2CCOCC2)c1)N1CCC(C(=O)OC)CC1. The van der Waals surface area contributed by atoms with Gasteiger partial charge in [0.2, 0.25) is 0 Å². The summed E-state index contributed by atoms with van der Waals surface area (Å²) in [5.74, 6) is 0.770. The number of carbonyl (C=O) groups excluding carboxylic acids is 1. The third-order valence-corrected chi connectivity index (χ3v) is 5.64. The maximum Gasteiger partial charge on any atom is 0.308 e. The summed E-state index contributed by atoms with van der Waals surface area (Å²) in [5.41, 5.74) is 2.38. The summed E-state index contributed by atoms with van der Waals surface area (Å²) in [6, 6.07) is 8.48. The lowest BCUT2D eigenvalue weighted by Crippen LogP contribution is -2.46. The molecule has 1 N–H and O–H groups in total. The van der Waals surface area contributed by atoms with E-state index in [1.165, 1.54) is 18.2 Å². The van der Waals surface area contributed by atoms with E-state index in [2.05, 4.69) is 39.5 Å². The van der Waals surface area contributed by atoms with Crippen molar-refractivity contribution < 1.29 is 19.0 Å². The maximum absolute atomic E-state index is 11.7. The fourth-order valence-electron chi connectivity index (χ4n) is 3.89. The number of methoxy groups -OCH3 is 1. The molecule has 0 bridgehead atoms. The molecule has 0 saturated carbocycles. The molecule has 7 nitrogen and oxygen atoms in total. The van der Waals surface area contributed by atoms with Gasteiger partial charge in [-0.2, -0.15) is 0 Å². The zero-order chi connectivity index (χ0) is 20.5. The highest BCUT2D eigenvalue weighted by Gasteiger charge is 2.26. The van der Waals surface area contributed by atoms with Crippen molar-refractivity contribution in [3.63, 3.8) is 0 Å². The number of piperidine rings is 1. The number of benzene rings is 1. The first-order valence-corrected chi connectivity index (χ1v) is 10.5. The minimum atomic E-state index is -0.104. The Morgan fingerprint density at radius 3 is 2.62 bits per heavy atom. The van der Waals surface area contributed by atoms with E-state index in [-0.39, 0.29) is 11.9 Å². The number of carbonyl (C=O) groups is 1. The van der Waals surface area contributed by atoms with Crippen LogP contribution < -0.4 is 5.32 Å². The standard InChI is InChI=1S/C22H33N3O4/c1-23-22(25-10-6-19(7-11-25)21(26)27-2)24-15-17-4-3-5-18(14-17)16-29-20-8-12-28-13-9-20/h3-5,14,19-20H,6-13,15-16H2,1-2H3,(H,23,24). The summed E-state index contributed by atoms with van der Waals surface area (Å²) in [7, 11) is 3.25. The normalized spacial score (nSPS) is 19.2. The first kappa shape index (κ1) is 21.6. The van der Waals surface area contributed by atoms with Gasteiger partial charge >= 0.3 is 5.97 Å². The number of guanidine groups is 1. The summed E-state index contributed by atoms with van der Waals surface area (Å²) < 4.78 is 16.3. The Kier molecular flexibility index (Phi) is 8.31. The van der Waals surface area contributed by atoms with Crippen molar-refractivity contribution in [1.29, 1.82) is 0 Å². The molecule has 1 aromatic rings. The van der Waals surface area contributed by atoms with Crippen LogP contribution in [-0.4, -0.2) is 63.4 Å². The highest BCUT2D eigenvalue weighted by molar-refractivity contribution is 5.80. The maximum atomic E-state index is 11.7. The van der Waals surface area contributed by atoms with Crippen LogP contribution in [0, 0.1) is 5.92 Å². The molecule has 0 atom stereocenters. The summed E-state index contributed by atoms with van der Waals surface area (Å²) in [5, 5.41) is 3.45. The van der Waals surface area contributed by atoms with Crippen molar-refractivity contribution in [2.45, 2.75) is 44.9 Å². The summed E-state index contributed by atoms with van der Waals surface area (Å²) in [6.45, 7) is 4.54. The Bertz CT molecular complexity index is 680. The predicted molar refractivity (Wildman–Crippen MR) is 112 cm³/mol. The van der Waals surface area contributed by atoms with Crippen LogP contribution in [0.2, 0.25) is 0 Å². The van der Waals surface area contributed by atoms with Crippen molar-refractivity contribution in [3.05, 3.63) is 35.4 Å². The molecular formula is C22H33N3O4. The number of nitrogens with zero attached hydrogens (tertiary/aromatic N) is 2. The van der Waals surface area contributed by atoms with Gasteiger partial charge in [0.25, 0.3) is 0 Å². The molecule has 0 radical (unpaired) electrons. The fourth-order valence-corrected chi connectivity index (χ4v) is 3.89. The second-order valence-electron chi connectivity index (χ2n) is 7.63. The van der Waals surface area contributed by atoms with E-state index >= 15 is 0 Å². The predicted octanol–water partition coefficient (Wildman–Crippen LogP) is 2.34. The Balaban J connectivity index is 1.46. The van der Waals surface area contributed by atoms with Crippen LogP contribution >= 0.6 is 0 Å². The lowest BCUT2D eigenvalue weighted by Gasteiger charge is -2.33. The molecule has 29 heavy (non-hydrogen) atoms. The quantitative estimate of drug-likeness (QED) is 0.447. The zero-order valence-electron chi connectivity index (χ0n) is 17.6. The van der Waals surface area contributed by atoms with Gasteiger partial charge < -0.3 is 24.4 Å². The number of ether oxygens (including phenoxy) is 3. The van der Waals surface area contributed by atoms with E-state index < -0.39 is 0 Å². The van der Waals surface area contributed by atoms with Crippen molar-refractivity contribution in [2.24, 2.45) is 10.9 Å². The smallest absolute Gasteiger partial charge is 0.308 e. The zero-order valence-corrected chi connectivity index (χ0v) is 17.6. The summed E-state index contributed by atoms with van der Waals surface area (Å²) in [4.78, 5) is 18.3. The van der Waals surface area contributed by atoms with Crippen LogP contribution in [0.5, 0.6) is 0 Å². The molecular weight excluding hydrogens is 370 g/mol. The highest BCUT2D eigenvalue weighted by atomic mass is 16.5. The Morgan fingerprint density at radius 1 is 1.21 bits per heavy atom. The number of likely N-dealkylation sites (tertiary alicyclic amines) is 1. The van der Waals surface area contributed by atoms with Gasteiger partial charge in [0.05, 0.1) is 25.7 Å². The minimum absolute atomic E-state index is 0.00163. The van der Waals surface area contributed by atoms with Crippen LogP contribution in [0.1, 0.15) is 36.8 Å². The minimum Gasteiger partial charge on any atom is -0.469 e. The van der Waals surface area contributed by atoms with Crippen molar-refractivity contribution in [2.75, 3.05) is 40.5 Å². The number of esters is 1. The van der Waals surface area contributed by atoms with Gasteiger partial charge in [-0.3, -0.25) is 9.79 Å².